The van der Waals surface area contributed by atoms with Gasteiger partial charge in [-0.25, -0.2) is 0 Å². The molecule has 0 heterocycles. The average molecular weight is 313 g/mol. The fraction of sp³-hybridized carbons (Fsp3) is 0.950. The van der Waals surface area contributed by atoms with Crippen molar-refractivity contribution in [3.05, 3.63) is 0 Å². The number of aliphatic carboxylic acids is 1. The van der Waals surface area contributed by atoms with E-state index in [1.807, 2.05) is 0 Å². The van der Waals surface area contributed by atoms with Crippen LogP contribution in [0.4, 0.5) is 0 Å². The van der Waals surface area contributed by atoms with E-state index in [0.29, 0.717) is 5.92 Å². The van der Waals surface area contributed by atoms with E-state index in [2.05, 4.69) is 27.7 Å². The molecule has 0 aliphatic rings. The Balaban J connectivity index is 4.19. The molecule has 0 aromatic rings. The molecule has 132 valence electrons. The smallest absolute Gasteiger partial charge is 0.306 e. The highest BCUT2D eigenvalue weighted by Crippen LogP contribution is 2.28. The molecule has 0 aromatic heterocycles. The van der Waals surface area contributed by atoms with Crippen LogP contribution in [0.5, 0.6) is 0 Å². The van der Waals surface area contributed by atoms with Crippen LogP contribution in [-0.2, 0) is 4.79 Å². The number of unbranched alkanes of at least 4 members (excludes halogenated alkanes) is 5. The number of carbonyl (C=O) groups is 1. The van der Waals surface area contributed by atoms with Gasteiger partial charge < -0.3 is 5.11 Å². The van der Waals surface area contributed by atoms with Crippen LogP contribution in [0, 0.1) is 17.8 Å². The first-order chi connectivity index (χ1) is 10.5. The maximum atomic E-state index is 11.6. The Kier molecular flexibility index (Phi) is 13.7. The van der Waals surface area contributed by atoms with Crippen LogP contribution in [-0.4, -0.2) is 11.1 Å². The molecular formula is C20H40O2. The molecule has 0 saturated carbocycles. The predicted octanol–water partition coefficient (Wildman–Crippen LogP) is 6.68. The lowest BCUT2D eigenvalue weighted by Crippen LogP contribution is -2.19. The Labute approximate surface area is 139 Å². The third kappa shape index (κ3) is 11.1. The number of carboxylic acids is 1. The molecule has 3 unspecified atom stereocenters. The summed E-state index contributed by atoms with van der Waals surface area (Å²) < 4.78 is 0. The maximum absolute atomic E-state index is 11.6. The second-order valence-electron chi connectivity index (χ2n) is 7.23. The van der Waals surface area contributed by atoms with Crippen molar-refractivity contribution in [2.24, 2.45) is 17.8 Å². The van der Waals surface area contributed by atoms with E-state index in [-0.39, 0.29) is 5.92 Å². The molecule has 0 amide bonds. The van der Waals surface area contributed by atoms with Gasteiger partial charge in [-0.3, -0.25) is 4.79 Å². The zero-order chi connectivity index (χ0) is 16.8. The van der Waals surface area contributed by atoms with Gasteiger partial charge in [0.1, 0.15) is 0 Å². The van der Waals surface area contributed by atoms with Gasteiger partial charge in [0.25, 0.3) is 0 Å². The van der Waals surface area contributed by atoms with Gasteiger partial charge >= 0.3 is 5.97 Å². The van der Waals surface area contributed by atoms with Crippen molar-refractivity contribution in [1.82, 2.24) is 0 Å². The highest BCUT2D eigenvalue weighted by molar-refractivity contribution is 5.69. The van der Waals surface area contributed by atoms with Crippen LogP contribution in [0.2, 0.25) is 0 Å². The maximum Gasteiger partial charge on any atom is 0.306 e. The Morgan fingerprint density at radius 3 is 2.05 bits per heavy atom. The molecule has 0 aliphatic heterocycles. The van der Waals surface area contributed by atoms with Crippen molar-refractivity contribution < 1.29 is 9.90 Å². The summed E-state index contributed by atoms with van der Waals surface area (Å²) in [6.45, 7) is 8.98. The summed E-state index contributed by atoms with van der Waals surface area (Å²) in [4.78, 5) is 11.6. The summed E-state index contributed by atoms with van der Waals surface area (Å²) >= 11 is 0. The van der Waals surface area contributed by atoms with Crippen LogP contribution >= 0.6 is 0 Å². The molecule has 0 bridgehead atoms. The molecule has 2 heteroatoms. The summed E-state index contributed by atoms with van der Waals surface area (Å²) in [5.41, 5.74) is 0. The molecule has 3 atom stereocenters. The Morgan fingerprint density at radius 2 is 1.50 bits per heavy atom. The van der Waals surface area contributed by atoms with Gasteiger partial charge in [0.05, 0.1) is 5.92 Å². The molecule has 0 radical (unpaired) electrons. The van der Waals surface area contributed by atoms with Gasteiger partial charge in [-0.15, -0.1) is 0 Å². The van der Waals surface area contributed by atoms with E-state index in [9.17, 15) is 9.90 Å². The van der Waals surface area contributed by atoms with Crippen molar-refractivity contribution in [3.63, 3.8) is 0 Å². The zero-order valence-electron chi connectivity index (χ0n) is 15.6. The lowest BCUT2D eigenvalue weighted by Gasteiger charge is -2.23. The van der Waals surface area contributed by atoms with Gasteiger partial charge in [-0.1, -0.05) is 85.5 Å². The standard InChI is InChI=1S/C20H40O2/c1-5-8-9-10-11-12-14-19(20(21)22)16-18(13-6-2)15-17(4)7-3/h17-19H,5-16H2,1-4H3,(H,21,22). The van der Waals surface area contributed by atoms with Crippen LogP contribution in [0.1, 0.15) is 105 Å². The van der Waals surface area contributed by atoms with Crippen LogP contribution in [0.25, 0.3) is 0 Å². The molecule has 0 saturated heterocycles. The first-order valence-electron chi connectivity index (χ1n) is 9.77. The number of hydrogen-bond acceptors (Lipinski definition) is 1. The average Bonchev–Trinajstić information content (AvgIpc) is 2.49. The molecule has 0 rings (SSSR count). The Morgan fingerprint density at radius 1 is 0.864 bits per heavy atom. The molecular weight excluding hydrogens is 272 g/mol. The molecule has 0 aromatic carbocycles. The fourth-order valence-electron chi connectivity index (χ4n) is 3.39. The number of carboxylic acid groups (broad SMARTS) is 1. The van der Waals surface area contributed by atoms with E-state index in [4.69, 9.17) is 0 Å². The van der Waals surface area contributed by atoms with Crippen LogP contribution in [0.15, 0.2) is 0 Å². The first kappa shape index (κ1) is 21.5. The molecule has 0 spiro atoms. The normalized spacial score (nSPS) is 15.5. The lowest BCUT2D eigenvalue weighted by molar-refractivity contribution is -0.142. The molecule has 0 fully saturated rings. The van der Waals surface area contributed by atoms with E-state index in [1.165, 1.54) is 57.8 Å². The second-order valence-corrected chi connectivity index (χ2v) is 7.23. The van der Waals surface area contributed by atoms with E-state index in [0.717, 1.165) is 25.2 Å². The molecule has 2 nitrogen and oxygen atoms in total. The van der Waals surface area contributed by atoms with Gasteiger partial charge in [-0.2, -0.15) is 0 Å². The number of hydrogen-bond donors (Lipinski definition) is 1. The first-order valence-corrected chi connectivity index (χ1v) is 9.77. The Hall–Kier alpha value is -0.530. The largest absolute Gasteiger partial charge is 0.481 e. The van der Waals surface area contributed by atoms with E-state index in [1.54, 1.807) is 0 Å². The summed E-state index contributed by atoms with van der Waals surface area (Å²) in [7, 11) is 0. The molecule has 1 N–H and O–H groups in total. The van der Waals surface area contributed by atoms with Crippen molar-refractivity contribution in [1.29, 1.82) is 0 Å². The highest BCUT2D eigenvalue weighted by Gasteiger charge is 2.22. The van der Waals surface area contributed by atoms with Gasteiger partial charge in [-0.05, 0) is 31.1 Å². The third-order valence-corrected chi connectivity index (χ3v) is 5.00. The topological polar surface area (TPSA) is 37.3 Å². The van der Waals surface area contributed by atoms with Crippen molar-refractivity contribution >= 4 is 5.97 Å². The summed E-state index contributed by atoms with van der Waals surface area (Å²) in [6.07, 6.45) is 14.0. The van der Waals surface area contributed by atoms with Crippen LogP contribution in [0.3, 0.4) is 0 Å². The SMILES string of the molecule is CCCCCCCCC(CC(CCC)CC(C)CC)C(=O)O. The Bertz CT molecular complexity index is 262. The summed E-state index contributed by atoms with van der Waals surface area (Å²) in [6, 6.07) is 0. The van der Waals surface area contributed by atoms with Gasteiger partial charge in [0.2, 0.25) is 0 Å². The monoisotopic (exact) mass is 312 g/mol. The minimum absolute atomic E-state index is 0.119. The van der Waals surface area contributed by atoms with Crippen molar-refractivity contribution in [2.45, 2.75) is 105 Å². The quantitative estimate of drug-likeness (QED) is 0.342. The minimum Gasteiger partial charge on any atom is -0.481 e. The second kappa shape index (κ2) is 14.1. The van der Waals surface area contributed by atoms with E-state index < -0.39 is 5.97 Å². The van der Waals surface area contributed by atoms with E-state index >= 15 is 0 Å². The highest BCUT2D eigenvalue weighted by atomic mass is 16.4. The summed E-state index contributed by atoms with van der Waals surface area (Å²) in [5.74, 6) is 0.631. The summed E-state index contributed by atoms with van der Waals surface area (Å²) in [5, 5.41) is 9.52. The number of rotatable bonds is 15. The fourth-order valence-corrected chi connectivity index (χ4v) is 3.39. The third-order valence-electron chi connectivity index (χ3n) is 5.00. The van der Waals surface area contributed by atoms with Crippen LogP contribution < -0.4 is 0 Å². The predicted molar refractivity (Wildman–Crippen MR) is 96.2 cm³/mol. The molecule has 22 heavy (non-hydrogen) atoms. The minimum atomic E-state index is -0.571. The lowest BCUT2D eigenvalue weighted by atomic mass is 9.82. The van der Waals surface area contributed by atoms with Crippen molar-refractivity contribution in [2.75, 3.05) is 0 Å². The molecule has 0 aliphatic carbocycles. The van der Waals surface area contributed by atoms with Gasteiger partial charge in [0, 0.05) is 0 Å². The zero-order valence-corrected chi connectivity index (χ0v) is 15.6. The van der Waals surface area contributed by atoms with Gasteiger partial charge in [0.15, 0.2) is 0 Å². The van der Waals surface area contributed by atoms with Crippen molar-refractivity contribution in [3.8, 4) is 0 Å².